The lowest BCUT2D eigenvalue weighted by Crippen LogP contribution is -2.14. The average molecular weight is 355 g/mol. The van der Waals surface area contributed by atoms with Crippen LogP contribution in [0.1, 0.15) is 25.7 Å². The molecule has 2 N–H and O–H groups in total. The number of hydrogen-bond donors (Lipinski definition) is 2. The molecule has 25 heavy (non-hydrogen) atoms. The normalized spacial score (nSPS) is 10.3. The van der Waals surface area contributed by atoms with Crippen molar-refractivity contribution in [3.63, 3.8) is 0 Å². The third-order valence-corrected chi connectivity index (χ3v) is 4.34. The lowest BCUT2D eigenvalue weighted by atomic mass is 10.1. The van der Waals surface area contributed by atoms with E-state index in [0.29, 0.717) is 27.5 Å². The molecule has 0 spiro atoms. The summed E-state index contributed by atoms with van der Waals surface area (Å²) in [6.45, 7) is 1.76. The Morgan fingerprint density at radius 3 is 2.36 bits per heavy atom. The van der Waals surface area contributed by atoms with Gasteiger partial charge < -0.3 is 10.6 Å². The van der Waals surface area contributed by atoms with Crippen LogP contribution in [-0.4, -0.2) is 16.8 Å². The molecule has 0 saturated heterocycles. The van der Waals surface area contributed by atoms with E-state index in [2.05, 4.69) is 15.6 Å². The number of rotatable bonds is 4. The van der Waals surface area contributed by atoms with Gasteiger partial charge in [-0.05, 0) is 43.3 Å². The highest BCUT2D eigenvalue weighted by Gasteiger charge is 2.13. The van der Waals surface area contributed by atoms with Crippen molar-refractivity contribution >= 4 is 34.5 Å². The molecule has 7 heteroatoms. The van der Waals surface area contributed by atoms with Crippen molar-refractivity contribution in [3.05, 3.63) is 76.0 Å². The zero-order chi connectivity index (χ0) is 17.8. The summed E-state index contributed by atoms with van der Waals surface area (Å²) >= 11 is 1.25. The summed E-state index contributed by atoms with van der Waals surface area (Å²) in [7, 11) is 0. The van der Waals surface area contributed by atoms with Crippen LogP contribution in [0.4, 0.5) is 15.8 Å². The number of aromatic nitrogens is 1. The maximum Gasteiger partial charge on any atom is 0.267 e. The van der Waals surface area contributed by atoms with Crippen molar-refractivity contribution in [2.45, 2.75) is 6.92 Å². The first-order chi connectivity index (χ1) is 12.0. The summed E-state index contributed by atoms with van der Waals surface area (Å²) in [6, 6.07) is 12.2. The zero-order valence-corrected chi connectivity index (χ0v) is 14.1. The van der Waals surface area contributed by atoms with Crippen molar-refractivity contribution in [2.24, 2.45) is 0 Å². The molecule has 3 aromatic rings. The molecule has 5 nitrogen and oxygen atoms in total. The largest absolute Gasteiger partial charge is 0.322 e. The number of halogens is 1. The van der Waals surface area contributed by atoms with Gasteiger partial charge >= 0.3 is 0 Å². The number of aryl methyl sites for hydroxylation is 1. The molecule has 0 bridgehead atoms. The van der Waals surface area contributed by atoms with Gasteiger partial charge in [0.15, 0.2) is 0 Å². The first-order valence-electron chi connectivity index (χ1n) is 7.41. The summed E-state index contributed by atoms with van der Waals surface area (Å²) < 4.78 is 13.2. The molecule has 126 valence electrons. The Morgan fingerprint density at radius 1 is 1.00 bits per heavy atom. The number of carbonyl (C=O) groups is 2. The van der Waals surface area contributed by atoms with E-state index in [0.717, 1.165) is 0 Å². The molecular formula is C18H14FN3O2S. The van der Waals surface area contributed by atoms with E-state index >= 15 is 0 Å². The highest BCUT2D eigenvalue weighted by molar-refractivity contribution is 7.12. The standard InChI is InChI=1S/C18H14FN3O2S/c1-11-16(25-10-20-11)18(24)22-14-6-2-4-12(8-14)17(23)21-15-7-3-5-13(19)9-15/h2-10H,1H3,(H,21,23)(H,22,24). The van der Waals surface area contributed by atoms with Crippen molar-refractivity contribution in [2.75, 3.05) is 10.6 Å². The van der Waals surface area contributed by atoms with E-state index < -0.39 is 11.7 Å². The highest BCUT2D eigenvalue weighted by Crippen LogP contribution is 2.18. The molecule has 0 unspecified atom stereocenters. The average Bonchev–Trinajstić information content (AvgIpc) is 3.01. The van der Waals surface area contributed by atoms with Crippen molar-refractivity contribution in [1.82, 2.24) is 4.98 Å². The minimum Gasteiger partial charge on any atom is -0.322 e. The van der Waals surface area contributed by atoms with Crippen LogP contribution in [0, 0.1) is 12.7 Å². The van der Waals surface area contributed by atoms with Crippen LogP contribution in [0.2, 0.25) is 0 Å². The van der Waals surface area contributed by atoms with Gasteiger partial charge in [-0.15, -0.1) is 11.3 Å². The number of thiazole rings is 1. The Balaban J connectivity index is 1.74. The Bertz CT molecular complexity index is 939. The van der Waals surface area contributed by atoms with Crippen LogP contribution in [0.3, 0.4) is 0 Å². The number of anilines is 2. The van der Waals surface area contributed by atoms with Gasteiger partial charge in [0.2, 0.25) is 0 Å². The quantitative estimate of drug-likeness (QED) is 0.740. The SMILES string of the molecule is Cc1ncsc1C(=O)Nc1cccc(C(=O)Nc2cccc(F)c2)c1. The molecule has 0 saturated carbocycles. The first kappa shape index (κ1) is 16.8. The van der Waals surface area contributed by atoms with Crippen LogP contribution < -0.4 is 10.6 Å². The predicted octanol–water partition coefficient (Wildman–Crippen LogP) is 4.10. The maximum absolute atomic E-state index is 13.2. The van der Waals surface area contributed by atoms with E-state index in [-0.39, 0.29) is 5.91 Å². The molecule has 0 aliphatic heterocycles. The molecule has 2 amide bonds. The lowest BCUT2D eigenvalue weighted by molar-refractivity contribution is 0.101. The van der Waals surface area contributed by atoms with Crippen LogP contribution >= 0.6 is 11.3 Å². The molecule has 2 aromatic carbocycles. The summed E-state index contributed by atoms with van der Waals surface area (Å²) in [6.07, 6.45) is 0. The van der Waals surface area contributed by atoms with Gasteiger partial charge in [0, 0.05) is 16.9 Å². The van der Waals surface area contributed by atoms with Gasteiger partial charge in [0.1, 0.15) is 10.7 Å². The highest BCUT2D eigenvalue weighted by atomic mass is 32.1. The number of amides is 2. The second kappa shape index (κ2) is 7.23. The van der Waals surface area contributed by atoms with Gasteiger partial charge in [0.05, 0.1) is 11.2 Å². The van der Waals surface area contributed by atoms with E-state index in [1.807, 2.05) is 0 Å². The second-order valence-electron chi connectivity index (χ2n) is 5.27. The molecule has 0 aliphatic rings. The Kier molecular flexibility index (Phi) is 4.85. The minimum absolute atomic E-state index is 0.275. The molecule has 3 rings (SSSR count). The van der Waals surface area contributed by atoms with Gasteiger partial charge in [-0.2, -0.15) is 0 Å². The number of hydrogen-bond acceptors (Lipinski definition) is 4. The number of nitrogens with zero attached hydrogens (tertiary/aromatic N) is 1. The molecular weight excluding hydrogens is 341 g/mol. The van der Waals surface area contributed by atoms with Crippen LogP contribution in [-0.2, 0) is 0 Å². The van der Waals surface area contributed by atoms with Crippen molar-refractivity contribution in [1.29, 1.82) is 0 Å². The molecule has 0 radical (unpaired) electrons. The molecule has 1 aromatic heterocycles. The van der Waals surface area contributed by atoms with Gasteiger partial charge in [-0.1, -0.05) is 12.1 Å². The maximum atomic E-state index is 13.2. The fourth-order valence-corrected chi connectivity index (χ4v) is 2.91. The van der Waals surface area contributed by atoms with Gasteiger partial charge in [-0.3, -0.25) is 9.59 Å². The minimum atomic E-state index is -0.432. The van der Waals surface area contributed by atoms with Crippen molar-refractivity contribution < 1.29 is 14.0 Å². The number of carbonyl (C=O) groups excluding carboxylic acids is 2. The van der Waals surface area contributed by atoms with Crippen LogP contribution in [0.15, 0.2) is 54.0 Å². The van der Waals surface area contributed by atoms with E-state index in [9.17, 15) is 14.0 Å². The third kappa shape index (κ3) is 4.07. The van der Waals surface area contributed by atoms with Gasteiger partial charge in [0.25, 0.3) is 11.8 Å². The molecule has 0 atom stereocenters. The van der Waals surface area contributed by atoms with Gasteiger partial charge in [-0.25, -0.2) is 9.37 Å². The van der Waals surface area contributed by atoms with Crippen molar-refractivity contribution in [3.8, 4) is 0 Å². The Morgan fingerprint density at radius 2 is 1.68 bits per heavy atom. The van der Waals surface area contributed by atoms with E-state index in [1.54, 1.807) is 42.8 Å². The first-order valence-corrected chi connectivity index (χ1v) is 8.29. The van der Waals surface area contributed by atoms with E-state index in [4.69, 9.17) is 0 Å². The van der Waals surface area contributed by atoms with E-state index in [1.165, 1.54) is 29.5 Å². The third-order valence-electron chi connectivity index (χ3n) is 3.42. The van der Waals surface area contributed by atoms with Crippen LogP contribution in [0.5, 0.6) is 0 Å². The lowest BCUT2D eigenvalue weighted by Gasteiger charge is -2.08. The fraction of sp³-hybridized carbons (Fsp3) is 0.0556. The fourth-order valence-electron chi connectivity index (χ4n) is 2.22. The Hall–Kier alpha value is -3.06. The second-order valence-corrected chi connectivity index (χ2v) is 6.12. The summed E-state index contributed by atoms with van der Waals surface area (Å²) in [5.41, 5.74) is 3.46. The summed E-state index contributed by atoms with van der Waals surface area (Å²) in [4.78, 5) is 29.1. The molecule has 0 fully saturated rings. The smallest absolute Gasteiger partial charge is 0.267 e. The number of benzene rings is 2. The predicted molar refractivity (Wildman–Crippen MR) is 95.6 cm³/mol. The number of nitrogens with one attached hydrogen (secondary N) is 2. The monoisotopic (exact) mass is 355 g/mol. The zero-order valence-electron chi connectivity index (χ0n) is 13.2. The Labute approximate surface area is 147 Å². The van der Waals surface area contributed by atoms with Crippen LogP contribution in [0.25, 0.3) is 0 Å². The summed E-state index contributed by atoms with van der Waals surface area (Å²) in [5.74, 6) is -1.10. The summed E-state index contributed by atoms with van der Waals surface area (Å²) in [5, 5.41) is 5.36. The molecule has 0 aliphatic carbocycles. The molecule has 1 heterocycles. The topological polar surface area (TPSA) is 71.1 Å².